The molecular weight excluding hydrogens is 293 g/mol. The van der Waals surface area contributed by atoms with Crippen LogP contribution in [0.4, 0.5) is 13.2 Å². The van der Waals surface area contributed by atoms with Crippen LogP contribution < -0.4 is 0 Å². The molecule has 1 nitrogen and oxygen atoms in total. The second kappa shape index (κ2) is 12.1. The van der Waals surface area contributed by atoms with Crippen LogP contribution in [-0.4, -0.2) is 15.7 Å². The molecule has 1 N–H and O–H groups in total. The van der Waals surface area contributed by atoms with Crippen molar-refractivity contribution in [1.82, 2.24) is 0 Å². The van der Waals surface area contributed by atoms with Gasteiger partial charge in [-0.3, -0.25) is 0 Å². The topological polar surface area (TPSA) is 20.2 Å². The van der Waals surface area contributed by atoms with Crippen LogP contribution in [0.2, 0.25) is 0 Å². The number of alkyl halides is 3. The number of hydrogen-bond acceptors (Lipinski definition) is 1. The third-order valence-electron chi connectivity index (χ3n) is 2.76. The summed E-state index contributed by atoms with van der Waals surface area (Å²) in [5.74, 6) is 0. The van der Waals surface area contributed by atoms with E-state index in [0.29, 0.717) is 6.42 Å². The van der Waals surface area contributed by atoms with Crippen LogP contribution in [0.3, 0.4) is 0 Å². The number of aliphatic hydroxyl groups is 1. The fourth-order valence-electron chi connectivity index (χ4n) is 1.74. The zero-order valence-corrected chi connectivity index (χ0v) is 13.2. The molecule has 0 saturated heterocycles. The molecule has 0 atom stereocenters. The Morgan fingerprint density at radius 2 is 1.42 bits per heavy atom. The van der Waals surface area contributed by atoms with Gasteiger partial charge in [0.2, 0.25) is 0 Å². The molecule has 0 radical (unpaired) electrons. The molecule has 0 fully saturated rings. The molecule has 0 aliphatic rings. The Kier molecular flexibility index (Phi) is 12.3. The van der Waals surface area contributed by atoms with Crippen molar-refractivity contribution >= 4 is 26.2 Å². The molecule has 0 unspecified atom stereocenters. The molecule has 0 aromatic heterocycles. The van der Waals surface area contributed by atoms with Crippen molar-refractivity contribution in [1.29, 1.82) is 0 Å². The van der Waals surface area contributed by atoms with Crippen molar-refractivity contribution in [3.8, 4) is 0 Å². The molecular formula is C13H25F3OS2. The minimum Gasteiger partial charge on any atom is -0.359 e. The number of thiol groups is 1. The summed E-state index contributed by atoms with van der Waals surface area (Å²) in [7, 11) is -0.265. The van der Waals surface area contributed by atoms with Gasteiger partial charge < -0.3 is 5.11 Å². The fourth-order valence-corrected chi connectivity index (χ4v) is 3.10. The van der Waals surface area contributed by atoms with Crippen molar-refractivity contribution in [3.05, 3.63) is 0 Å². The van der Waals surface area contributed by atoms with E-state index < -0.39 is 5.51 Å². The minimum atomic E-state index is -4.26. The van der Waals surface area contributed by atoms with Crippen LogP contribution in [0, 0.1) is 0 Å². The van der Waals surface area contributed by atoms with Crippen LogP contribution >= 0.6 is 21.2 Å². The number of aliphatic hydroxyl groups excluding tert-OH is 1. The maximum absolute atomic E-state index is 11.9. The van der Waals surface area contributed by atoms with Crippen LogP contribution in [0.1, 0.15) is 71.1 Å². The van der Waals surface area contributed by atoms with Crippen LogP contribution in [0.15, 0.2) is 0 Å². The molecule has 0 heterocycles. The molecule has 0 rings (SSSR count). The van der Waals surface area contributed by atoms with Gasteiger partial charge >= 0.3 is 5.51 Å². The van der Waals surface area contributed by atoms with E-state index in [1.54, 1.807) is 0 Å². The molecule has 0 aromatic carbocycles. The van der Waals surface area contributed by atoms with Gasteiger partial charge in [0.15, 0.2) is 0 Å². The lowest BCUT2D eigenvalue weighted by atomic mass is 10.1. The lowest BCUT2D eigenvalue weighted by Gasteiger charge is -2.04. The normalized spacial score (nSPS) is 13.4. The van der Waals surface area contributed by atoms with Gasteiger partial charge in [-0.2, -0.15) is 13.2 Å². The van der Waals surface area contributed by atoms with Crippen LogP contribution in [0.25, 0.3) is 0 Å². The van der Waals surface area contributed by atoms with Crippen molar-refractivity contribution in [2.45, 2.75) is 76.6 Å². The smallest absolute Gasteiger partial charge is 0.359 e. The van der Waals surface area contributed by atoms with Crippen LogP contribution in [-0.2, 0) is 0 Å². The number of halogens is 3. The highest BCUT2D eigenvalue weighted by Gasteiger charge is 2.27. The number of hydrogen-bond donors (Lipinski definition) is 2. The average molecular weight is 318 g/mol. The molecule has 0 bridgehead atoms. The van der Waals surface area contributed by atoms with E-state index in [1.165, 1.54) is 38.5 Å². The predicted molar refractivity (Wildman–Crippen MR) is 82.1 cm³/mol. The van der Waals surface area contributed by atoms with E-state index in [4.69, 9.17) is 0 Å². The summed E-state index contributed by atoms with van der Waals surface area (Å²) in [4.78, 5) is 0. The molecule has 6 heteroatoms. The quantitative estimate of drug-likeness (QED) is 0.204. The van der Waals surface area contributed by atoms with Crippen LogP contribution in [0.5, 0.6) is 0 Å². The Bertz CT molecular complexity index is 243. The van der Waals surface area contributed by atoms with Gasteiger partial charge in [0, 0.05) is 10.8 Å². The Morgan fingerprint density at radius 3 is 1.89 bits per heavy atom. The molecule has 0 aliphatic carbocycles. The van der Waals surface area contributed by atoms with Crippen molar-refractivity contribution in [2.75, 3.05) is 0 Å². The first kappa shape index (κ1) is 19.3. The molecule has 0 saturated carbocycles. The number of rotatable bonds is 11. The van der Waals surface area contributed by atoms with Gasteiger partial charge in [0.05, 0.1) is 5.05 Å². The monoisotopic (exact) mass is 318 g/mol. The summed E-state index contributed by atoms with van der Waals surface area (Å²) >= 11 is 0. The van der Waals surface area contributed by atoms with Gasteiger partial charge in [-0.1, -0.05) is 58.3 Å². The third-order valence-corrected chi connectivity index (χ3v) is 5.02. The Morgan fingerprint density at radius 1 is 0.947 bits per heavy atom. The molecule has 0 spiro atoms. The van der Waals surface area contributed by atoms with Gasteiger partial charge in [0.1, 0.15) is 0 Å². The van der Waals surface area contributed by atoms with Gasteiger partial charge in [0.25, 0.3) is 0 Å². The average Bonchev–Trinajstić information content (AvgIpc) is 2.33. The molecule has 116 valence electrons. The van der Waals surface area contributed by atoms with E-state index in [-0.39, 0.29) is 26.2 Å². The minimum absolute atomic E-state index is 0.0646. The zero-order chi connectivity index (χ0) is 14.6. The van der Waals surface area contributed by atoms with Gasteiger partial charge in [-0.25, -0.2) is 0 Å². The molecule has 0 amide bonds. The summed E-state index contributed by atoms with van der Waals surface area (Å²) in [5, 5.41) is 9.23. The predicted octanol–water partition coefficient (Wildman–Crippen LogP) is 6.23. The highest BCUT2D eigenvalue weighted by atomic mass is 33.1. The maximum Gasteiger partial charge on any atom is 0.451 e. The SMILES string of the molecule is CCCCCCCCCCCC(O)=[SH]SC(F)(F)F. The standard InChI is InChI=1S/C13H25F3OS2/c1-2-3-4-5-6-7-8-9-10-11-12(17)18-19-13(14,15)16/h17-18H,2-11H2,1H3. The summed E-state index contributed by atoms with van der Waals surface area (Å²) in [6.45, 7) is 2.19. The summed E-state index contributed by atoms with van der Waals surface area (Å²) in [6.07, 6.45) is 10.9. The van der Waals surface area contributed by atoms with E-state index >= 15 is 0 Å². The second-order valence-electron chi connectivity index (χ2n) is 4.62. The first-order chi connectivity index (χ1) is 8.95. The largest absolute Gasteiger partial charge is 0.451 e. The highest BCUT2D eigenvalue weighted by Crippen LogP contribution is 2.36. The van der Waals surface area contributed by atoms with E-state index in [9.17, 15) is 18.3 Å². The van der Waals surface area contributed by atoms with Crippen molar-refractivity contribution in [3.63, 3.8) is 0 Å². The Hall–Kier alpha value is 0.320. The van der Waals surface area contributed by atoms with E-state index in [2.05, 4.69) is 6.92 Å². The third kappa shape index (κ3) is 16.3. The summed E-state index contributed by atoms with van der Waals surface area (Å²) in [5.41, 5.74) is -4.26. The first-order valence-electron chi connectivity index (χ1n) is 6.96. The van der Waals surface area contributed by atoms with Crippen molar-refractivity contribution in [2.24, 2.45) is 0 Å². The summed E-state index contributed by atoms with van der Waals surface area (Å²) < 4.78 is 35.6. The van der Waals surface area contributed by atoms with Gasteiger partial charge in [-0.05, 0) is 12.8 Å². The van der Waals surface area contributed by atoms with Crippen molar-refractivity contribution < 1.29 is 18.3 Å². The lowest BCUT2D eigenvalue weighted by molar-refractivity contribution is -0.0311. The summed E-state index contributed by atoms with van der Waals surface area (Å²) in [6, 6.07) is 0. The van der Waals surface area contributed by atoms with E-state index in [1.807, 2.05) is 0 Å². The zero-order valence-electron chi connectivity index (χ0n) is 11.5. The van der Waals surface area contributed by atoms with E-state index in [0.717, 1.165) is 19.3 Å². The maximum atomic E-state index is 11.9. The lowest BCUT2D eigenvalue weighted by Crippen LogP contribution is -1.98. The first-order valence-corrected chi connectivity index (χ1v) is 9.28. The Labute approximate surface area is 121 Å². The van der Waals surface area contributed by atoms with Gasteiger partial charge in [-0.15, -0.1) is 10.4 Å². The Balaban J connectivity index is 3.34. The highest BCUT2D eigenvalue weighted by molar-refractivity contribution is 8.75. The second-order valence-corrected chi connectivity index (χ2v) is 7.06. The molecule has 0 aliphatic heterocycles. The number of unbranched alkanes of at least 4 members (excludes halogenated alkanes) is 8. The molecule has 0 aromatic rings. The molecule has 19 heavy (non-hydrogen) atoms. The fraction of sp³-hybridized carbons (Fsp3) is 0.923.